The summed E-state index contributed by atoms with van der Waals surface area (Å²) in [4.78, 5) is 24.7. The summed E-state index contributed by atoms with van der Waals surface area (Å²) in [5, 5.41) is 13.0. The predicted octanol–water partition coefficient (Wildman–Crippen LogP) is 5.08. The first-order valence-electron chi connectivity index (χ1n) is 8.96. The van der Waals surface area contributed by atoms with E-state index in [0.29, 0.717) is 27.2 Å². The Kier molecular flexibility index (Phi) is 5.35. The van der Waals surface area contributed by atoms with Crippen LogP contribution in [0, 0.1) is 5.92 Å². The average Bonchev–Trinajstić information content (AvgIpc) is 3.29. The van der Waals surface area contributed by atoms with Crippen molar-refractivity contribution in [3.63, 3.8) is 0 Å². The van der Waals surface area contributed by atoms with E-state index in [4.69, 9.17) is 23.2 Å². The molecule has 1 unspecified atom stereocenters. The van der Waals surface area contributed by atoms with Gasteiger partial charge in [0.2, 0.25) is 0 Å². The molecule has 0 aliphatic heterocycles. The average molecular weight is 417 g/mol. The second-order valence-electron chi connectivity index (χ2n) is 6.77. The summed E-state index contributed by atoms with van der Waals surface area (Å²) < 4.78 is 0. The molecule has 4 heterocycles. The van der Waals surface area contributed by atoms with Crippen LogP contribution in [0.5, 0.6) is 0 Å². The van der Waals surface area contributed by atoms with E-state index in [9.17, 15) is 9.90 Å². The highest BCUT2D eigenvalue weighted by molar-refractivity contribution is 6.34. The SMILES string of the molecule is O=Cc1c(Cl)cnc2[nH]ccc12.OC(c1c(Cl)cnc2[nH]ccc12)C1CCC1. The van der Waals surface area contributed by atoms with E-state index in [1.807, 2.05) is 12.3 Å². The predicted molar refractivity (Wildman–Crippen MR) is 110 cm³/mol. The van der Waals surface area contributed by atoms with Gasteiger partial charge < -0.3 is 15.1 Å². The minimum Gasteiger partial charge on any atom is -0.388 e. The van der Waals surface area contributed by atoms with Gasteiger partial charge in [-0.3, -0.25) is 4.79 Å². The van der Waals surface area contributed by atoms with Crippen molar-refractivity contribution >= 4 is 51.6 Å². The third-order valence-electron chi connectivity index (χ3n) is 5.17. The summed E-state index contributed by atoms with van der Waals surface area (Å²) >= 11 is 11.9. The quantitative estimate of drug-likeness (QED) is 0.405. The number of carbonyl (C=O) groups is 1. The highest BCUT2D eigenvalue weighted by atomic mass is 35.5. The van der Waals surface area contributed by atoms with E-state index in [0.717, 1.165) is 41.1 Å². The van der Waals surface area contributed by atoms with Gasteiger partial charge in [0.15, 0.2) is 6.29 Å². The summed E-state index contributed by atoms with van der Waals surface area (Å²) in [7, 11) is 0. The largest absolute Gasteiger partial charge is 0.388 e. The third-order valence-corrected chi connectivity index (χ3v) is 5.77. The van der Waals surface area contributed by atoms with E-state index in [1.165, 1.54) is 12.6 Å². The topological polar surface area (TPSA) is 94.7 Å². The van der Waals surface area contributed by atoms with Crippen LogP contribution in [0.2, 0.25) is 10.0 Å². The number of hydrogen-bond acceptors (Lipinski definition) is 4. The molecule has 1 fully saturated rings. The van der Waals surface area contributed by atoms with Gasteiger partial charge >= 0.3 is 0 Å². The molecule has 4 aromatic heterocycles. The first kappa shape index (κ1) is 18.9. The number of pyridine rings is 2. The highest BCUT2D eigenvalue weighted by Crippen LogP contribution is 2.41. The number of fused-ring (bicyclic) bond motifs is 2. The molecule has 8 heteroatoms. The Balaban J connectivity index is 0.000000143. The van der Waals surface area contributed by atoms with E-state index in [2.05, 4.69) is 19.9 Å². The van der Waals surface area contributed by atoms with Crippen LogP contribution in [0.15, 0.2) is 36.9 Å². The number of aliphatic hydroxyl groups is 1. The van der Waals surface area contributed by atoms with Crippen LogP contribution < -0.4 is 0 Å². The molecule has 0 amide bonds. The van der Waals surface area contributed by atoms with Gasteiger partial charge in [-0.2, -0.15) is 0 Å². The minimum absolute atomic E-state index is 0.359. The first-order chi connectivity index (χ1) is 13.6. The number of rotatable bonds is 3. The molecule has 0 aromatic carbocycles. The van der Waals surface area contributed by atoms with Crippen molar-refractivity contribution in [1.82, 2.24) is 19.9 Å². The van der Waals surface area contributed by atoms with Crippen molar-refractivity contribution in [1.29, 1.82) is 0 Å². The van der Waals surface area contributed by atoms with Gasteiger partial charge in [-0.05, 0) is 30.9 Å². The fourth-order valence-electron chi connectivity index (χ4n) is 3.42. The Bertz CT molecular complexity index is 1130. The fraction of sp³-hybridized carbons (Fsp3) is 0.250. The molecule has 1 aliphatic carbocycles. The van der Waals surface area contributed by atoms with Crippen molar-refractivity contribution in [2.45, 2.75) is 25.4 Å². The molecule has 0 bridgehead atoms. The molecule has 0 radical (unpaired) electrons. The third kappa shape index (κ3) is 3.39. The van der Waals surface area contributed by atoms with Gasteiger partial charge in [0.1, 0.15) is 11.3 Å². The maximum Gasteiger partial charge on any atom is 0.152 e. The molecule has 144 valence electrons. The Hall–Kier alpha value is -2.41. The van der Waals surface area contributed by atoms with E-state index >= 15 is 0 Å². The van der Waals surface area contributed by atoms with Gasteiger partial charge in [0.25, 0.3) is 0 Å². The molecule has 28 heavy (non-hydrogen) atoms. The van der Waals surface area contributed by atoms with Crippen LogP contribution in [-0.4, -0.2) is 31.3 Å². The summed E-state index contributed by atoms with van der Waals surface area (Å²) in [6.07, 6.45) is 10.3. The standard InChI is InChI=1S/C12H13ClN2O.C8H5ClN2O/c13-9-6-15-12-8(4-5-14-12)10(9)11(16)7-2-1-3-7;9-7-3-11-8-5(1-2-10-8)6(7)4-12/h4-7,11,16H,1-3H2,(H,14,15);1-4H,(H,10,11). The zero-order valence-electron chi connectivity index (χ0n) is 14.8. The van der Waals surface area contributed by atoms with Crippen LogP contribution in [0.3, 0.4) is 0 Å². The molecular formula is C20H18Cl2N4O2. The van der Waals surface area contributed by atoms with Crippen molar-refractivity contribution in [3.05, 3.63) is 58.1 Å². The van der Waals surface area contributed by atoms with Crippen molar-refractivity contribution < 1.29 is 9.90 Å². The number of nitrogens with one attached hydrogen (secondary N) is 2. The van der Waals surface area contributed by atoms with Crippen LogP contribution in [0.25, 0.3) is 22.1 Å². The molecule has 3 N–H and O–H groups in total. The highest BCUT2D eigenvalue weighted by Gasteiger charge is 2.29. The fourth-order valence-corrected chi connectivity index (χ4v) is 3.88. The number of carbonyl (C=O) groups excluding carboxylic acids is 1. The van der Waals surface area contributed by atoms with Gasteiger partial charge in [-0.1, -0.05) is 29.6 Å². The van der Waals surface area contributed by atoms with Gasteiger partial charge in [-0.25, -0.2) is 9.97 Å². The maximum atomic E-state index is 10.6. The number of aliphatic hydroxyl groups excluding tert-OH is 1. The van der Waals surface area contributed by atoms with E-state index < -0.39 is 6.10 Å². The summed E-state index contributed by atoms with van der Waals surface area (Å²) in [6.45, 7) is 0. The zero-order chi connectivity index (χ0) is 19.7. The Morgan fingerprint density at radius 1 is 1.04 bits per heavy atom. The minimum atomic E-state index is -0.456. The van der Waals surface area contributed by atoms with Gasteiger partial charge in [0.05, 0.1) is 16.1 Å². The number of halogens is 2. The molecule has 1 aliphatic rings. The lowest BCUT2D eigenvalue weighted by molar-refractivity contribution is 0.0633. The number of aldehydes is 1. The number of aromatic amines is 2. The van der Waals surface area contributed by atoms with Gasteiger partial charge in [-0.15, -0.1) is 0 Å². The maximum absolute atomic E-state index is 10.6. The van der Waals surface area contributed by atoms with Crippen LogP contribution in [0.1, 0.15) is 41.3 Å². The Morgan fingerprint density at radius 2 is 1.64 bits per heavy atom. The Morgan fingerprint density at radius 3 is 2.25 bits per heavy atom. The first-order valence-corrected chi connectivity index (χ1v) is 9.72. The second kappa shape index (κ2) is 7.91. The van der Waals surface area contributed by atoms with Crippen LogP contribution in [0.4, 0.5) is 0 Å². The molecular weight excluding hydrogens is 399 g/mol. The summed E-state index contributed by atoms with van der Waals surface area (Å²) in [5.41, 5.74) is 2.79. The van der Waals surface area contributed by atoms with E-state index in [1.54, 1.807) is 18.5 Å². The lowest BCUT2D eigenvalue weighted by Crippen LogP contribution is -2.20. The molecule has 6 nitrogen and oxygen atoms in total. The molecule has 1 atom stereocenters. The zero-order valence-corrected chi connectivity index (χ0v) is 16.3. The van der Waals surface area contributed by atoms with Crippen LogP contribution >= 0.6 is 23.2 Å². The lowest BCUT2D eigenvalue weighted by atomic mass is 9.78. The Labute approximate surface area is 170 Å². The number of nitrogens with zero attached hydrogens (tertiary/aromatic N) is 2. The van der Waals surface area contributed by atoms with Gasteiger partial charge in [0, 0.05) is 46.7 Å². The molecule has 1 saturated carbocycles. The summed E-state index contributed by atoms with van der Waals surface area (Å²) in [5.74, 6) is 0.359. The molecule has 5 rings (SSSR count). The van der Waals surface area contributed by atoms with Crippen molar-refractivity contribution in [2.75, 3.05) is 0 Å². The second-order valence-corrected chi connectivity index (χ2v) is 7.59. The molecule has 0 spiro atoms. The van der Waals surface area contributed by atoms with Crippen molar-refractivity contribution in [2.24, 2.45) is 5.92 Å². The number of H-pyrrole nitrogens is 2. The monoisotopic (exact) mass is 416 g/mol. The van der Waals surface area contributed by atoms with Crippen LogP contribution in [-0.2, 0) is 0 Å². The number of hydrogen-bond donors (Lipinski definition) is 3. The normalized spacial score (nSPS) is 15.1. The summed E-state index contributed by atoms with van der Waals surface area (Å²) in [6, 6.07) is 3.70. The molecule has 4 aromatic rings. The van der Waals surface area contributed by atoms with E-state index in [-0.39, 0.29) is 0 Å². The molecule has 0 saturated heterocycles. The number of aromatic nitrogens is 4. The van der Waals surface area contributed by atoms with Crippen molar-refractivity contribution in [3.8, 4) is 0 Å². The smallest absolute Gasteiger partial charge is 0.152 e. The lowest BCUT2D eigenvalue weighted by Gasteiger charge is -2.31.